The van der Waals surface area contributed by atoms with E-state index in [4.69, 9.17) is 4.74 Å². The molecule has 1 aliphatic rings. The molecular formula is C28H20O2. The summed E-state index contributed by atoms with van der Waals surface area (Å²) in [6, 6.07) is 35.9. The van der Waals surface area contributed by atoms with Gasteiger partial charge in [0, 0.05) is 5.57 Å². The van der Waals surface area contributed by atoms with E-state index in [1.54, 1.807) is 0 Å². The predicted molar refractivity (Wildman–Crippen MR) is 120 cm³/mol. The van der Waals surface area contributed by atoms with Crippen LogP contribution < -0.4 is 4.74 Å². The molecule has 4 aromatic carbocycles. The van der Waals surface area contributed by atoms with Crippen molar-refractivity contribution in [3.05, 3.63) is 131 Å². The van der Waals surface area contributed by atoms with Crippen molar-refractivity contribution in [3.8, 4) is 16.9 Å². The highest BCUT2D eigenvalue weighted by molar-refractivity contribution is 6.14. The van der Waals surface area contributed by atoms with Gasteiger partial charge in [-0.3, -0.25) is 4.79 Å². The van der Waals surface area contributed by atoms with Crippen LogP contribution in [-0.2, 0) is 0 Å². The number of hydrogen-bond acceptors (Lipinski definition) is 2. The summed E-state index contributed by atoms with van der Waals surface area (Å²) in [5.74, 6) is 0.644. The molecule has 0 bridgehead atoms. The van der Waals surface area contributed by atoms with Crippen molar-refractivity contribution in [1.29, 1.82) is 0 Å². The second-order valence-electron chi connectivity index (χ2n) is 7.32. The van der Waals surface area contributed by atoms with E-state index in [1.807, 2.05) is 91.0 Å². The molecule has 2 nitrogen and oxygen atoms in total. The zero-order valence-electron chi connectivity index (χ0n) is 16.4. The highest BCUT2D eigenvalue weighted by atomic mass is 16.5. The molecule has 1 heterocycles. The summed E-state index contributed by atoms with van der Waals surface area (Å²) in [5.41, 5.74) is 5.51. The molecule has 0 radical (unpaired) electrons. The SMILES string of the molecule is O=C1/C(=C/c2ccc(-c3ccccc3)cc2)[C@@H](c2ccccc2)Oc2ccccc21. The van der Waals surface area contributed by atoms with Gasteiger partial charge in [0.15, 0.2) is 11.9 Å². The van der Waals surface area contributed by atoms with Crippen LogP contribution in [0.4, 0.5) is 0 Å². The molecule has 2 heteroatoms. The van der Waals surface area contributed by atoms with Crippen molar-refractivity contribution in [3.63, 3.8) is 0 Å². The van der Waals surface area contributed by atoms with Crippen LogP contribution in [0.2, 0.25) is 0 Å². The highest BCUT2D eigenvalue weighted by Gasteiger charge is 2.32. The summed E-state index contributed by atoms with van der Waals surface area (Å²) in [6.45, 7) is 0. The minimum atomic E-state index is -0.428. The molecule has 4 aromatic rings. The number of carbonyl (C=O) groups excluding carboxylic acids is 1. The van der Waals surface area contributed by atoms with Gasteiger partial charge < -0.3 is 4.74 Å². The number of para-hydroxylation sites is 1. The molecule has 0 saturated carbocycles. The van der Waals surface area contributed by atoms with E-state index in [0.29, 0.717) is 16.9 Å². The Morgan fingerprint density at radius 2 is 1.23 bits per heavy atom. The van der Waals surface area contributed by atoms with Crippen LogP contribution in [0.25, 0.3) is 17.2 Å². The second-order valence-corrected chi connectivity index (χ2v) is 7.32. The third-order valence-corrected chi connectivity index (χ3v) is 5.36. The highest BCUT2D eigenvalue weighted by Crippen LogP contribution is 2.39. The van der Waals surface area contributed by atoms with Gasteiger partial charge in [0.1, 0.15) is 5.75 Å². The van der Waals surface area contributed by atoms with E-state index in [9.17, 15) is 4.79 Å². The quantitative estimate of drug-likeness (QED) is 0.363. The molecule has 0 saturated heterocycles. The molecule has 1 aliphatic heterocycles. The van der Waals surface area contributed by atoms with Gasteiger partial charge in [0.25, 0.3) is 0 Å². The fraction of sp³-hybridized carbons (Fsp3) is 0.0357. The molecule has 0 amide bonds. The lowest BCUT2D eigenvalue weighted by Gasteiger charge is -2.28. The van der Waals surface area contributed by atoms with Crippen LogP contribution >= 0.6 is 0 Å². The second kappa shape index (κ2) is 7.84. The number of ketones is 1. The van der Waals surface area contributed by atoms with E-state index < -0.39 is 6.10 Å². The Morgan fingerprint density at radius 1 is 0.633 bits per heavy atom. The predicted octanol–water partition coefficient (Wildman–Crippen LogP) is 6.75. The molecule has 0 spiro atoms. The molecule has 30 heavy (non-hydrogen) atoms. The van der Waals surface area contributed by atoms with Crippen LogP contribution in [0, 0.1) is 0 Å². The first-order valence-electron chi connectivity index (χ1n) is 10.0. The molecule has 0 aliphatic carbocycles. The molecule has 0 unspecified atom stereocenters. The van der Waals surface area contributed by atoms with Crippen molar-refractivity contribution in [2.75, 3.05) is 0 Å². The Bertz CT molecular complexity index is 1210. The first-order valence-corrected chi connectivity index (χ1v) is 10.0. The maximum Gasteiger partial charge on any atom is 0.196 e. The van der Waals surface area contributed by atoms with Crippen LogP contribution in [-0.4, -0.2) is 5.78 Å². The summed E-state index contributed by atoms with van der Waals surface area (Å²) < 4.78 is 6.28. The van der Waals surface area contributed by atoms with E-state index in [-0.39, 0.29) is 5.78 Å². The van der Waals surface area contributed by atoms with Crippen molar-refractivity contribution in [2.24, 2.45) is 0 Å². The Hall–Kier alpha value is -3.91. The van der Waals surface area contributed by atoms with Gasteiger partial charge in [-0.15, -0.1) is 0 Å². The third kappa shape index (κ3) is 3.44. The molecular weight excluding hydrogens is 368 g/mol. The molecule has 0 fully saturated rings. The van der Waals surface area contributed by atoms with Crippen molar-refractivity contribution in [2.45, 2.75) is 6.10 Å². The third-order valence-electron chi connectivity index (χ3n) is 5.36. The van der Waals surface area contributed by atoms with Crippen LogP contribution in [0.15, 0.2) is 115 Å². The van der Waals surface area contributed by atoms with Gasteiger partial charge >= 0.3 is 0 Å². The normalized spacial score (nSPS) is 16.7. The summed E-state index contributed by atoms with van der Waals surface area (Å²) in [7, 11) is 0. The Kier molecular flexibility index (Phi) is 4.74. The smallest absolute Gasteiger partial charge is 0.196 e. The van der Waals surface area contributed by atoms with E-state index in [2.05, 4.69) is 24.3 Å². The fourth-order valence-electron chi connectivity index (χ4n) is 3.82. The molecule has 0 N–H and O–H groups in total. The topological polar surface area (TPSA) is 26.3 Å². The Balaban J connectivity index is 1.56. The van der Waals surface area contributed by atoms with E-state index in [1.165, 1.54) is 5.56 Å². The maximum absolute atomic E-state index is 13.3. The largest absolute Gasteiger partial charge is 0.480 e. The number of fused-ring (bicyclic) bond motifs is 1. The van der Waals surface area contributed by atoms with Crippen LogP contribution in [0.1, 0.15) is 27.6 Å². The van der Waals surface area contributed by atoms with Gasteiger partial charge in [-0.2, -0.15) is 0 Å². The van der Waals surface area contributed by atoms with Gasteiger partial charge in [-0.05, 0) is 40.5 Å². The summed E-state index contributed by atoms with van der Waals surface area (Å²) >= 11 is 0. The van der Waals surface area contributed by atoms with Gasteiger partial charge in [0.05, 0.1) is 5.56 Å². The number of ether oxygens (including phenoxy) is 1. The van der Waals surface area contributed by atoms with Crippen molar-refractivity contribution >= 4 is 11.9 Å². The lowest BCUT2D eigenvalue weighted by atomic mass is 9.89. The molecule has 144 valence electrons. The molecule has 0 aromatic heterocycles. The average Bonchev–Trinajstić information content (AvgIpc) is 2.82. The number of benzene rings is 4. The van der Waals surface area contributed by atoms with Gasteiger partial charge in [-0.25, -0.2) is 0 Å². The molecule has 5 rings (SSSR count). The van der Waals surface area contributed by atoms with Crippen LogP contribution in [0.5, 0.6) is 5.75 Å². The average molecular weight is 388 g/mol. The number of rotatable bonds is 3. The Morgan fingerprint density at radius 3 is 1.97 bits per heavy atom. The Labute approximate surface area is 176 Å². The zero-order chi connectivity index (χ0) is 20.3. The number of carbonyl (C=O) groups is 1. The fourth-order valence-corrected chi connectivity index (χ4v) is 3.82. The van der Waals surface area contributed by atoms with Gasteiger partial charge in [0.2, 0.25) is 0 Å². The monoisotopic (exact) mass is 388 g/mol. The van der Waals surface area contributed by atoms with Gasteiger partial charge in [-0.1, -0.05) is 97.1 Å². The molecule has 1 atom stereocenters. The maximum atomic E-state index is 13.3. The minimum Gasteiger partial charge on any atom is -0.480 e. The summed E-state index contributed by atoms with van der Waals surface area (Å²) in [6.07, 6.45) is 1.52. The van der Waals surface area contributed by atoms with E-state index >= 15 is 0 Å². The number of hydrogen-bond donors (Lipinski definition) is 0. The number of Topliss-reactive ketones (excluding diaryl/α,β-unsaturated/α-hetero) is 1. The first-order chi connectivity index (χ1) is 14.8. The minimum absolute atomic E-state index is 0.0119. The van der Waals surface area contributed by atoms with Crippen molar-refractivity contribution < 1.29 is 9.53 Å². The lowest BCUT2D eigenvalue weighted by molar-refractivity contribution is 0.0963. The van der Waals surface area contributed by atoms with Crippen molar-refractivity contribution in [1.82, 2.24) is 0 Å². The zero-order valence-corrected chi connectivity index (χ0v) is 16.4. The summed E-state index contributed by atoms with van der Waals surface area (Å²) in [5, 5.41) is 0. The standard InChI is InChI=1S/C28H20O2/c29-27-24-13-7-8-14-26(24)30-28(23-11-5-2-6-12-23)25(27)19-20-15-17-22(18-16-20)21-9-3-1-4-10-21/h1-19,28H/b25-19-/t28-/m1/s1. The van der Waals surface area contributed by atoms with Crippen LogP contribution in [0.3, 0.4) is 0 Å². The lowest BCUT2D eigenvalue weighted by Crippen LogP contribution is -2.23. The summed E-state index contributed by atoms with van der Waals surface area (Å²) in [4.78, 5) is 13.3. The first kappa shape index (κ1) is 18.1. The van der Waals surface area contributed by atoms with E-state index in [0.717, 1.165) is 16.7 Å².